The van der Waals surface area contributed by atoms with E-state index in [4.69, 9.17) is 5.73 Å². The van der Waals surface area contributed by atoms with Crippen LogP contribution in [-0.2, 0) is 0 Å². The fourth-order valence-electron chi connectivity index (χ4n) is 0.864. The second-order valence-corrected chi connectivity index (χ2v) is 2.23. The van der Waals surface area contributed by atoms with Crippen LogP contribution in [0.1, 0.15) is 13.8 Å². The lowest BCUT2D eigenvalue weighted by Gasteiger charge is -1.99. The largest absolute Gasteiger partial charge is 0.404 e. The van der Waals surface area contributed by atoms with Crippen LogP contribution in [0, 0.1) is 0 Å². The third-order valence-corrected chi connectivity index (χ3v) is 1.39. The first-order valence-electron chi connectivity index (χ1n) is 3.94. The van der Waals surface area contributed by atoms with E-state index in [1.807, 2.05) is 38.2 Å². The van der Waals surface area contributed by atoms with Gasteiger partial charge in [-0.25, -0.2) is 0 Å². The summed E-state index contributed by atoms with van der Waals surface area (Å²) >= 11 is 0. The fraction of sp³-hybridized carbons (Fsp3) is 0.300. The molecule has 0 heterocycles. The molecule has 0 saturated carbocycles. The Bertz CT molecular complexity index is 206. The zero-order valence-electron chi connectivity index (χ0n) is 7.91. The molecule has 0 aromatic heterocycles. The minimum absolute atomic E-state index is 0.901. The summed E-state index contributed by atoms with van der Waals surface area (Å²) in [5, 5.41) is 0. The van der Waals surface area contributed by atoms with Crippen LogP contribution in [0.25, 0.3) is 0 Å². The molecule has 66 valence electrons. The molecule has 0 rings (SSSR count). The lowest BCUT2D eigenvalue weighted by atomic mass is 10.1. The number of hydrogen-bond donors (Lipinski definition) is 1. The van der Waals surface area contributed by atoms with Crippen LogP contribution in [-0.4, -0.2) is 12.8 Å². The molecule has 0 aliphatic rings. The number of rotatable bonds is 3. The average molecular weight is 164 g/mol. The third kappa shape index (κ3) is 3.19. The van der Waals surface area contributed by atoms with Crippen molar-refractivity contribution >= 4 is 5.71 Å². The van der Waals surface area contributed by atoms with Crippen molar-refractivity contribution in [2.75, 3.05) is 7.05 Å². The zero-order chi connectivity index (χ0) is 9.40. The van der Waals surface area contributed by atoms with Gasteiger partial charge in [-0.15, -0.1) is 0 Å². The maximum absolute atomic E-state index is 5.44. The summed E-state index contributed by atoms with van der Waals surface area (Å²) < 4.78 is 0. The maximum Gasteiger partial charge on any atom is 0.0654 e. The van der Waals surface area contributed by atoms with E-state index in [9.17, 15) is 0 Å². The summed E-state index contributed by atoms with van der Waals surface area (Å²) in [6.07, 6.45) is 9.30. The van der Waals surface area contributed by atoms with Gasteiger partial charge in [0, 0.05) is 18.8 Å². The van der Waals surface area contributed by atoms with Crippen molar-refractivity contribution in [2.45, 2.75) is 13.8 Å². The summed E-state index contributed by atoms with van der Waals surface area (Å²) in [5.41, 5.74) is 7.28. The van der Waals surface area contributed by atoms with Gasteiger partial charge in [0.05, 0.1) is 5.71 Å². The normalized spacial score (nSPS) is 14.9. The van der Waals surface area contributed by atoms with E-state index in [0.717, 1.165) is 11.3 Å². The SMILES string of the molecule is C\C=C/C(=C/N)C(/C=C\C)=N/C. The van der Waals surface area contributed by atoms with Crippen LogP contribution in [0.5, 0.6) is 0 Å². The molecular weight excluding hydrogens is 148 g/mol. The Morgan fingerprint density at radius 1 is 1.17 bits per heavy atom. The molecule has 0 saturated heterocycles. The van der Waals surface area contributed by atoms with Crippen LogP contribution < -0.4 is 5.73 Å². The molecule has 0 radical (unpaired) electrons. The molecule has 0 amide bonds. The van der Waals surface area contributed by atoms with Gasteiger partial charge < -0.3 is 5.73 Å². The lowest BCUT2D eigenvalue weighted by molar-refractivity contribution is 1.42. The van der Waals surface area contributed by atoms with E-state index < -0.39 is 0 Å². The van der Waals surface area contributed by atoms with Crippen molar-refractivity contribution in [3.05, 3.63) is 36.1 Å². The van der Waals surface area contributed by atoms with Gasteiger partial charge in [0.25, 0.3) is 0 Å². The van der Waals surface area contributed by atoms with E-state index in [1.165, 1.54) is 0 Å². The topological polar surface area (TPSA) is 38.4 Å². The Kier molecular flexibility index (Phi) is 5.70. The Balaban J connectivity index is 4.71. The first-order valence-corrected chi connectivity index (χ1v) is 3.94. The highest BCUT2D eigenvalue weighted by atomic mass is 14.7. The Morgan fingerprint density at radius 2 is 1.75 bits per heavy atom. The summed E-state index contributed by atoms with van der Waals surface area (Å²) in [4.78, 5) is 4.10. The Labute approximate surface area is 74.2 Å². The van der Waals surface area contributed by atoms with Crippen molar-refractivity contribution in [1.82, 2.24) is 0 Å². The van der Waals surface area contributed by atoms with Gasteiger partial charge in [0.2, 0.25) is 0 Å². The van der Waals surface area contributed by atoms with Crippen molar-refractivity contribution in [2.24, 2.45) is 10.7 Å². The molecule has 0 aromatic rings. The number of hydrogen-bond acceptors (Lipinski definition) is 2. The quantitative estimate of drug-likeness (QED) is 0.503. The summed E-state index contributed by atoms with van der Waals surface area (Å²) in [6, 6.07) is 0. The van der Waals surface area contributed by atoms with Crippen LogP contribution in [0.4, 0.5) is 0 Å². The molecule has 0 aliphatic carbocycles. The predicted molar refractivity (Wildman–Crippen MR) is 55.3 cm³/mol. The van der Waals surface area contributed by atoms with Gasteiger partial charge in [0.15, 0.2) is 0 Å². The highest BCUT2D eigenvalue weighted by Crippen LogP contribution is 2.00. The van der Waals surface area contributed by atoms with Crippen molar-refractivity contribution in [3.8, 4) is 0 Å². The standard InChI is InChI=1S/C10H16N2/c1-4-6-9(8-11)10(12-3)7-5-2/h4-8H,11H2,1-3H3/b6-4-,7-5-,9-8-,12-10+. The monoisotopic (exact) mass is 164 g/mol. The van der Waals surface area contributed by atoms with Gasteiger partial charge in [0.1, 0.15) is 0 Å². The second-order valence-electron chi connectivity index (χ2n) is 2.23. The third-order valence-electron chi connectivity index (χ3n) is 1.39. The van der Waals surface area contributed by atoms with E-state index in [0.29, 0.717) is 0 Å². The number of aliphatic imine (C=N–C) groups is 1. The Hall–Kier alpha value is -1.31. The predicted octanol–water partition coefficient (Wildman–Crippen LogP) is 2.05. The van der Waals surface area contributed by atoms with Crippen molar-refractivity contribution < 1.29 is 0 Å². The first-order chi connectivity index (χ1) is 5.79. The number of nitrogens with zero attached hydrogens (tertiary/aromatic N) is 1. The van der Waals surface area contributed by atoms with Crippen molar-refractivity contribution in [1.29, 1.82) is 0 Å². The average Bonchev–Trinajstić information content (AvgIpc) is 2.11. The maximum atomic E-state index is 5.44. The Morgan fingerprint density at radius 3 is 2.08 bits per heavy atom. The summed E-state index contributed by atoms with van der Waals surface area (Å²) in [5.74, 6) is 0. The molecule has 12 heavy (non-hydrogen) atoms. The first kappa shape index (κ1) is 10.7. The van der Waals surface area contributed by atoms with Gasteiger partial charge >= 0.3 is 0 Å². The molecule has 0 spiro atoms. The molecule has 0 aromatic carbocycles. The smallest absolute Gasteiger partial charge is 0.0654 e. The van der Waals surface area contributed by atoms with Crippen LogP contribution in [0.2, 0.25) is 0 Å². The van der Waals surface area contributed by atoms with Crippen LogP contribution >= 0.6 is 0 Å². The van der Waals surface area contributed by atoms with E-state index in [-0.39, 0.29) is 0 Å². The van der Waals surface area contributed by atoms with Crippen LogP contribution in [0.15, 0.2) is 41.1 Å². The summed E-state index contributed by atoms with van der Waals surface area (Å²) in [6.45, 7) is 3.90. The molecular formula is C10H16N2. The lowest BCUT2D eigenvalue weighted by Crippen LogP contribution is -1.99. The molecule has 0 unspecified atom stereocenters. The fourth-order valence-corrected chi connectivity index (χ4v) is 0.864. The summed E-state index contributed by atoms with van der Waals surface area (Å²) in [7, 11) is 1.75. The minimum Gasteiger partial charge on any atom is -0.404 e. The van der Waals surface area contributed by atoms with E-state index >= 15 is 0 Å². The second kappa shape index (κ2) is 6.40. The van der Waals surface area contributed by atoms with E-state index in [1.54, 1.807) is 13.2 Å². The molecule has 0 bridgehead atoms. The number of allylic oxidation sites excluding steroid dienone is 5. The molecule has 0 atom stereocenters. The molecule has 2 nitrogen and oxygen atoms in total. The van der Waals surface area contributed by atoms with E-state index in [2.05, 4.69) is 4.99 Å². The molecule has 2 N–H and O–H groups in total. The number of nitrogens with two attached hydrogens (primary N) is 1. The molecule has 0 aliphatic heterocycles. The minimum atomic E-state index is 0.901. The van der Waals surface area contributed by atoms with Gasteiger partial charge in [-0.2, -0.15) is 0 Å². The molecule has 2 heteroatoms. The van der Waals surface area contributed by atoms with Gasteiger partial charge in [-0.05, 0) is 19.9 Å². The highest BCUT2D eigenvalue weighted by molar-refractivity contribution is 6.10. The van der Waals surface area contributed by atoms with Crippen LogP contribution in [0.3, 0.4) is 0 Å². The highest BCUT2D eigenvalue weighted by Gasteiger charge is 1.95. The van der Waals surface area contributed by atoms with Gasteiger partial charge in [-0.1, -0.05) is 18.2 Å². The molecule has 0 fully saturated rings. The van der Waals surface area contributed by atoms with Crippen molar-refractivity contribution in [3.63, 3.8) is 0 Å². The van der Waals surface area contributed by atoms with Gasteiger partial charge in [-0.3, -0.25) is 4.99 Å². The zero-order valence-corrected chi connectivity index (χ0v) is 7.91.